The van der Waals surface area contributed by atoms with Crippen molar-refractivity contribution in [2.75, 3.05) is 26.2 Å². The molecule has 0 N–H and O–H groups in total. The lowest BCUT2D eigenvalue weighted by Gasteiger charge is -2.34. The monoisotopic (exact) mass is 464 g/mol. The summed E-state index contributed by atoms with van der Waals surface area (Å²) in [5, 5.41) is 9.73. The van der Waals surface area contributed by atoms with E-state index >= 15 is 0 Å². The number of nitrogens with zero attached hydrogens (tertiary/aromatic N) is 4. The first-order valence-corrected chi connectivity index (χ1v) is 12.0. The van der Waals surface area contributed by atoms with Crippen LogP contribution in [0.1, 0.15) is 9.67 Å². The molecule has 0 aliphatic carbocycles. The Morgan fingerprint density at radius 3 is 2.22 bits per heavy atom. The quantitative estimate of drug-likeness (QED) is 0.465. The Bertz CT molecular complexity index is 1320. The lowest BCUT2D eigenvalue weighted by Crippen LogP contribution is -2.51. The van der Waals surface area contributed by atoms with Crippen LogP contribution in [0.4, 0.5) is 0 Å². The number of rotatable bonds is 4. The maximum atomic E-state index is 13.0. The van der Waals surface area contributed by atoms with E-state index in [4.69, 9.17) is 0 Å². The molecule has 0 bridgehead atoms. The van der Waals surface area contributed by atoms with Gasteiger partial charge in [0.15, 0.2) is 0 Å². The zero-order valence-corrected chi connectivity index (χ0v) is 18.8. The van der Waals surface area contributed by atoms with Crippen molar-refractivity contribution in [1.82, 2.24) is 19.6 Å². The first-order valence-electron chi connectivity index (χ1n) is 10.3. The van der Waals surface area contributed by atoms with Crippen molar-refractivity contribution in [2.45, 2.75) is 6.54 Å². The number of hydrogen-bond acceptors (Lipinski definition) is 6. The zero-order chi connectivity index (χ0) is 22.1. The molecule has 162 valence electrons. The lowest BCUT2D eigenvalue weighted by molar-refractivity contribution is -0.133. The van der Waals surface area contributed by atoms with Gasteiger partial charge in [0.25, 0.3) is 11.5 Å². The molecule has 1 aliphatic heterocycles. The van der Waals surface area contributed by atoms with Crippen molar-refractivity contribution >= 4 is 45.3 Å². The molecule has 1 saturated heterocycles. The van der Waals surface area contributed by atoms with E-state index in [1.807, 2.05) is 53.2 Å². The number of thiophene rings is 2. The minimum absolute atomic E-state index is 0.0000962. The molecule has 1 aromatic carbocycles. The highest BCUT2D eigenvalue weighted by Gasteiger charge is 2.26. The molecule has 4 aromatic rings. The number of carbonyl (C=O) groups excluding carboxylic acids is 2. The molecule has 0 spiro atoms. The van der Waals surface area contributed by atoms with E-state index < -0.39 is 0 Å². The smallest absolute Gasteiger partial charge is 0.275 e. The van der Waals surface area contributed by atoms with E-state index in [-0.39, 0.29) is 23.9 Å². The van der Waals surface area contributed by atoms with Crippen LogP contribution in [0, 0.1) is 0 Å². The Hall–Kier alpha value is -3.30. The summed E-state index contributed by atoms with van der Waals surface area (Å²) in [6.45, 7) is 1.71. The SMILES string of the molecule is O=C(Cn1nc(-c2cccs2)c2ccccc2c1=O)N1CCN(C(=O)c2cccs2)CC1. The van der Waals surface area contributed by atoms with Gasteiger partial charge in [-0.2, -0.15) is 5.10 Å². The third-order valence-corrected chi connectivity index (χ3v) is 7.29. The van der Waals surface area contributed by atoms with Gasteiger partial charge in [0.2, 0.25) is 5.91 Å². The summed E-state index contributed by atoms with van der Waals surface area (Å²) in [6, 6.07) is 14.9. The third-order valence-electron chi connectivity index (χ3n) is 5.56. The molecule has 1 fully saturated rings. The minimum atomic E-state index is -0.277. The van der Waals surface area contributed by atoms with Crippen LogP contribution in [0.2, 0.25) is 0 Å². The van der Waals surface area contributed by atoms with Gasteiger partial charge in [-0.1, -0.05) is 30.3 Å². The van der Waals surface area contributed by atoms with E-state index in [1.165, 1.54) is 16.0 Å². The maximum Gasteiger partial charge on any atom is 0.275 e. The molecule has 0 unspecified atom stereocenters. The molecule has 9 heteroatoms. The summed E-state index contributed by atoms with van der Waals surface area (Å²) in [5.41, 5.74) is 0.426. The van der Waals surface area contributed by atoms with Gasteiger partial charge in [-0.3, -0.25) is 14.4 Å². The average molecular weight is 465 g/mol. The summed E-state index contributed by atoms with van der Waals surface area (Å²) < 4.78 is 1.27. The van der Waals surface area contributed by atoms with Crippen molar-refractivity contribution in [1.29, 1.82) is 0 Å². The van der Waals surface area contributed by atoms with Crippen LogP contribution in [-0.4, -0.2) is 57.6 Å². The summed E-state index contributed by atoms with van der Waals surface area (Å²) in [5.74, 6) is -0.171. The van der Waals surface area contributed by atoms with Gasteiger partial charge in [-0.05, 0) is 29.0 Å². The Balaban J connectivity index is 1.35. The number of aromatic nitrogens is 2. The van der Waals surface area contributed by atoms with Crippen LogP contribution in [0.3, 0.4) is 0 Å². The fraction of sp³-hybridized carbons (Fsp3) is 0.217. The zero-order valence-electron chi connectivity index (χ0n) is 17.1. The van der Waals surface area contributed by atoms with Gasteiger partial charge < -0.3 is 9.80 Å². The van der Waals surface area contributed by atoms with Crippen LogP contribution >= 0.6 is 22.7 Å². The third kappa shape index (κ3) is 3.85. The van der Waals surface area contributed by atoms with E-state index in [0.717, 1.165) is 10.3 Å². The minimum Gasteiger partial charge on any atom is -0.338 e. The van der Waals surface area contributed by atoms with Gasteiger partial charge in [0.1, 0.15) is 12.2 Å². The summed E-state index contributed by atoms with van der Waals surface area (Å²) in [6.07, 6.45) is 0. The predicted octanol–water partition coefficient (Wildman–Crippen LogP) is 3.17. The van der Waals surface area contributed by atoms with Gasteiger partial charge in [0, 0.05) is 31.6 Å². The van der Waals surface area contributed by atoms with Crippen LogP contribution in [-0.2, 0) is 11.3 Å². The fourth-order valence-corrected chi connectivity index (χ4v) is 5.29. The van der Waals surface area contributed by atoms with Crippen molar-refractivity contribution in [3.8, 4) is 10.6 Å². The Morgan fingerprint density at radius 1 is 0.844 bits per heavy atom. The largest absolute Gasteiger partial charge is 0.338 e. The fourth-order valence-electron chi connectivity index (χ4n) is 3.88. The lowest BCUT2D eigenvalue weighted by atomic mass is 10.1. The molecule has 3 aromatic heterocycles. The van der Waals surface area contributed by atoms with E-state index in [0.29, 0.717) is 42.1 Å². The second-order valence-electron chi connectivity index (χ2n) is 7.48. The van der Waals surface area contributed by atoms with Gasteiger partial charge in [-0.15, -0.1) is 22.7 Å². The first-order chi connectivity index (χ1) is 15.6. The van der Waals surface area contributed by atoms with Crippen LogP contribution in [0.5, 0.6) is 0 Å². The second-order valence-corrected chi connectivity index (χ2v) is 9.38. The molecule has 32 heavy (non-hydrogen) atoms. The Labute approximate surface area is 192 Å². The normalized spacial score (nSPS) is 14.1. The summed E-state index contributed by atoms with van der Waals surface area (Å²) in [7, 11) is 0. The number of hydrogen-bond donors (Lipinski definition) is 0. The van der Waals surface area contributed by atoms with Crippen LogP contribution in [0.25, 0.3) is 21.3 Å². The highest BCUT2D eigenvalue weighted by molar-refractivity contribution is 7.13. The molecular weight excluding hydrogens is 444 g/mol. The number of carbonyl (C=O) groups is 2. The number of amides is 2. The number of fused-ring (bicyclic) bond motifs is 1. The predicted molar refractivity (Wildman–Crippen MR) is 126 cm³/mol. The highest BCUT2D eigenvalue weighted by Crippen LogP contribution is 2.28. The Kier molecular flexibility index (Phi) is 5.59. The van der Waals surface area contributed by atoms with E-state index in [9.17, 15) is 14.4 Å². The number of piperazine rings is 1. The highest BCUT2D eigenvalue weighted by atomic mass is 32.1. The van der Waals surface area contributed by atoms with Crippen molar-refractivity contribution in [2.24, 2.45) is 0 Å². The number of benzene rings is 1. The molecule has 4 heterocycles. The molecular formula is C23H20N4O3S2. The average Bonchev–Trinajstić information content (AvgIpc) is 3.55. The van der Waals surface area contributed by atoms with E-state index in [1.54, 1.807) is 27.2 Å². The van der Waals surface area contributed by atoms with Gasteiger partial charge in [0.05, 0.1) is 15.1 Å². The van der Waals surface area contributed by atoms with Crippen molar-refractivity contribution in [3.63, 3.8) is 0 Å². The molecule has 5 rings (SSSR count). The molecule has 0 radical (unpaired) electrons. The second kappa shape index (κ2) is 8.68. The summed E-state index contributed by atoms with van der Waals surface area (Å²) >= 11 is 2.96. The standard InChI is InChI=1S/C23H20N4O3S2/c28-20(25-9-11-26(12-10-25)23(30)19-8-4-14-32-19)15-27-22(29)17-6-2-1-5-16(17)21(24-27)18-7-3-13-31-18/h1-8,13-14H,9-12,15H2. The van der Waals surface area contributed by atoms with Crippen molar-refractivity contribution in [3.05, 3.63) is 74.5 Å². The van der Waals surface area contributed by atoms with Gasteiger partial charge >= 0.3 is 0 Å². The molecule has 0 atom stereocenters. The molecule has 7 nitrogen and oxygen atoms in total. The van der Waals surface area contributed by atoms with Crippen LogP contribution < -0.4 is 5.56 Å². The molecule has 1 aliphatic rings. The molecule has 0 saturated carbocycles. The van der Waals surface area contributed by atoms with E-state index in [2.05, 4.69) is 5.10 Å². The summed E-state index contributed by atoms with van der Waals surface area (Å²) in [4.78, 5) is 43.7. The molecule has 2 amide bonds. The topological polar surface area (TPSA) is 75.5 Å². The Morgan fingerprint density at radius 2 is 1.53 bits per heavy atom. The first kappa shape index (κ1) is 20.6. The van der Waals surface area contributed by atoms with Gasteiger partial charge in [-0.25, -0.2) is 4.68 Å². The maximum absolute atomic E-state index is 13.0. The van der Waals surface area contributed by atoms with Crippen molar-refractivity contribution < 1.29 is 9.59 Å². The van der Waals surface area contributed by atoms with Crippen LogP contribution in [0.15, 0.2) is 64.1 Å².